The Balaban J connectivity index is 1.89. The number of carbonyl (C=O) groups excluding carboxylic acids is 2. The fourth-order valence-electron chi connectivity index (χ4n) is 3.80. The normalized spacial score (nSPS) is 15.9. The van der Waals surface area contributed by atoms with E-state index < -0.39 is 64.2 Å². The van der Waals surface area contributed by atoms with Crippen molar-refractivity contribution in [3.05, 3.63) is 73.7 Å². The van der Waals surface area contributed by atoms with Gasteiger partial charge < -0.3 is 10.6 Å². The molecular formula is C26H22Cl3F7N2O2. The molecule has 1 fully saturated rings. The third-order valence-electron chi connectivity index (χ3n) is 6.17. The summed E-state index contributed by atoms with van der Waals surface area (Å²) in [6.07, 6.45) is -7.32. The van der Waals surface area contributed by atoms with Gasteiger partial charge >= 0.3 is 12.4 Å². The topological polar surface area (TPSA) is 58.2 Å². The SMILES string of the molecule is C[C@@H](NC(=O)c1ccc(/C(F)=C/C(c2cc(Cl)c(Cl)c(Cl)c2)C(F)(F)F)cc1C(F)(F)F)C(=O)NCCC1CC1. The fraction of sp³-hybridized carbons (Fsp3) is 0.385. The number of allylic oxidation sites excluding steroid dienone is 1. The summed E-state index contributed by atoms with van der Waals surface area (Å²) in [5.74, 6) is -5.64. The van der Waals surface area contributed by atoms with Crippen molar-refractivity contribution in [3.8, 4) is 0 Å². The number of benzene rings is 2. The second-order valence-electron chi connectivity index (χ2n) is 9.31. The van der Waals surface area contributed by atoms with Crippen LogP contribution in [0.25, 0.3) is 5.83 Å². The lowest BCUT2D eigenvalue weighted by Gasteiger charge is -2.19. The van der Waals surface area contributed by atoms with E-state index in [1.165, 1.54) is 6.92 Å². The summed E-state index contributed by atoms with van der Waals surface area (Å²) >= 11 is 17.3. The molecule has 2 N–H and O–H groups in total. The smallest absolute Gasteiger partial charge is 0.354 e. The molecule has 0 aromatic heterocycles. The van der Waals surface area contributed by atoms with Crippen molar-refractivity contribution in [2.75, 3.05) is 6.54 Å². The molecule has 1 unspecified atom stereocenters. The first kappa shape index (κ1) is 32.0. The number of amides is 2. The lowest BCUT2D eigenvalue weighted by Crippen LogP contribution is -2.45. The third kappa shape index (κ3) is 8.27. The molecule has 1 aliphatic rings. The number of halogens is 10. The van der Waals surface area contributed by atoms with Crippen LogP contribution < -0.4 is 10.6 Å². The van der Waals surface area contributed by atoms with Gasteiger partial charge in [0.1, 0.15) is 17.8 Å². The largest absolute Gasteiger partial charge is 0.417 e. The number of alkyl halides is 6. The molecule has 2 amide bonds. The van der Waals surface area contributed by atoms with Gasteiger partial charge in [-0.3, -0.25) is 9.59 Å². The van der Waals surface area contributed by atoms with E-state index in [-0.39, 0.29) is 27.2 Å². The molecule has 0 spiro atoms. The van der Waals surface area contributed by atoms with Crippen LogP contribution in [0, 0.1) is 5.92 Å². The summed E-state index contributed by atoms with van der Waals surface area (Å²) < 4.78 is 97.9. The standard InChI is InChI=1S/C26H22Cl3F7N2O2/c1-12(23(39)37-7-6-13-2-3-13)38-24(40)16-5-4-14(8-18(16)26(34,35)36)21(30)11-17(25(31,32)33)15-9-19(27)22(29)20(28)10-15/h4-5,8-13,17H,2-3,6-7H2,1H3,(H,37,39)(H,38,40)/b21-11-/t12-,17?/m1/s1. The van der Waals surface area contributed by atoms with Gasteiger partial charge in [0.05, 0.1) is 26.2 Å². The van der Waals surface area contributed by atoms with Gasteiger partial charge in [0, 0.05) is 12.1 Å². The van der Waals surface area contributed by atoms with E-state index in [0.717, 1.165) is 37.5 Å². The first-order chi connectivity index (χ1) is 18.5. The maximum Gasteiger partial charge on any atom is 0.417 e. The average Bonchev–Trinajstić information content (AvgIpc) is 3.68. The van der Waals surface area contributed by atoms with Crippen LogP contribution in [-0.2, 0) is 11.0 Å². The highest BCUT2D eigenvalue weighted by Gasteiger charge is 2.41. The molecule has 0 radical (unpaired) electrons. The van der Waals surface area contributed by atoms with Crippen molar-refractivity contribution in [3.63, 3.8) is 0 Å². The van der Waals surface area contributed by atoms with Crippen molar-refractivity contribution >= 4 is 52.4 Å². The first-order valence-corrected chi connectivity index (χ1v) is 13.0. The van der Waals surface area contributed by atoms with Gasteiger partial charge in [-0.2, -0.15) is 26.3 Å². The van der Waals surface area contributed by atoms with Crippen LogP contribution in [0.15, 0.2) is 36.4 Å². The lowest BCUT2D eigenvalue weighted by atomic mass is 9.95. The van der Waals surface area contributed by atoms with E-state index in [0.29, 0.717) is 18.5 Å². The summed E-state index contributed by atoms with van der Waals surface area (Å²) in [6.45, 7) is 1.63. The second kappa shape index (κ2) is 12.6. The Kier molecular flexibility index (Phi) is 10.1. The summed E-state index contributed by atoms with van der Waals surface area (Å²) in [6, 6.07) is 2.01. The molecule has 2 atom stereocenters. The predicted molar refractivity (Wildman–Crippen MR) is 138 cm³/mol. The summed E-state index contributed by atoms with van der Waals surface area (Å²) in [5, 5.41) is 3.83. The lowest BCUT2D eigenvalue weighted by molar-refractivity contribution is -0.140. The van der Waals surface area contributed by atoms with E-state index in [2.05, 4.69) is 10.6 Å². The molecule has 1 aliphatic carbocycles. The van der Waals surface area contributed by atoms with E-state index in [1.807, 2.05) is 0 Å². The van der Waals surface area contributed by atoms with Crippen LogP contribution >= 0.6 is 34.8 Å². The molecule has 218 valence electrons. The van der Waals surface area contributed by atoms with Crippen molar-refractivity contribution in [2.45, 2.75) is 50.5 Å². The van der Waals surface area contributed by atoms with Crippen LogP contribution in [0.2, 0.25) is 15.1 Å². The Morgan fingerprint density at radius 3 is 2.15 bits per heavy atom. The minimum atomic E-state index is -5.18. The molecule has 0 saturated heterocycles. The maximum absolute atomic E-state index is 15.0. The molecule has 1 saturated carbocycles. The summed E-state index contributed by atoms with van der Waals surface area (Å²) in [7, 11) is 0. The predicted octanol–water partition coefficient (Wildman–Crippen LogP) is 8.36. The van der Waals surface area contributed by atoms with Gasteiger partial charge in [-0.15, -0.1) is 0 Å². The number of hydrogen-bond donors (Lipinski definition) is 2. The van der Waals surface area contributed by atoms with E-state index in [9.17, 15) is 35.9 Å². The van der Waals surface area contributed by atoms with E-state index in [1.54, 1.807) is 0 Å². The highest BCUT2D eigenvalue weighted by Crippen LogP contribution is 2.43. The maximum atomic E-state index is 15.0. The molecule has 0 aliphatic heterocycles. The monoisotopic (exact) mass is 632 g/mol. The molecule has 4 nitrogen and oxygen atoms in total. The van der Waals surface area contributed by atoms with Crippen LogP contribution in [0.4, 0.5) is 30.7 Å². The van der Waals surface area contributed by atoms with Crippen LogP contribution in [0.5, 0.6) is 0 Å². The second-order valence-corrected chi connectivity index (χ2v) is 10.5. The molecular weight excluding hydrogens is 612 g/mol. The summed E-state index contributed by atoms with van der Waals surface area (Å²) in [5.41, 5.74) is -4.01. The number of rotatable bonds is 9. The Labute approximate surface area is 239 Å². The van der Waals surface area contributed by atoms with Crippen LogP contribution in [0.3, 0.4) is 0 Å². The van der Waals surface area contributed by atoms with Crippen LogP contribution in [0.1, 0.15) is 59.2 Å². The Bertz CT molecular complexity index is 1290. The molecule has 2 aromatic carbocycles. The number of carbonyl (C=O) groups is 2. The minimum Gasteiger partial charge on any atom is -0.354 e. The Morgan fingerprint density at radius 2 is 1.62 bits per heavy atom. The zero-order valence-corrected chi connectivity index (χ0v) is 22.9. The van der Waals surface area contributed by atoms with Gasteiger partial charge in [0.25, 0.3) is 5.91 Å². The highest BCUT2D eigenvalue weighted by atomic mass is 35.5. The molecule has 40 heavy (non-hydrogen) atoms. The van der Waals surface area contributed by atoms with E-state index in [4.69, 9.17) is 34.8 Å². The number of hydrogen-bond acceptors (Lipinski definition) is 2. The molecule has 3 rings (SSSR count). The summed E-state index contributed by atoms with van der Waals surface area (Å²) in [4.78, 5) is 24.8. The molecule has 0 bridgehead atoms. The van der Waals surface area contributed by atoms with E-state index >= 15 is 4.39 Å². The molecule has 0 heterocycles. The van der Waals surface area contributed by atoms with Crippen molar-refractivity contribution < 1.29 is 40.3 Å². The third-order valence-corrected chi connectivity index (χ3v) is 7.36. The van der Waals surface area contributed by atoms with Gasteiger partial charge in [-0.25, -0.2) is 4.39 Å². The number of nitrogens with one attached hydrogen (secondary N) is 2. The zero-order valence-electron chi connectivity index (χ0n) is 20.6. The van der Waals surface area contributed by atoms with Crippen molar-refractivity contribution in [1.29, 1.82) is 0 Å². The minimum absolute atomic E-state index is 0.0686. The molecule has 2 aromatic rings. The van der Waals surface area contributed by atoms with Gasteiger partial charge in [0.2, 0.25) is 5.91 Å². The van der Waals surface area contributed by atoms with Crippen molar-refractivity contribution in [2.24, 2.45) is 5.92 Å². The Hall–Kier alpha value is -2.50. The zero-order chi connectivity index (χ0) is 30.0. The quantitative estimate of drug-likeness (QED) is 0.215. The van der Waals surface area contributed by atoms with Crippen molar-refractivity contribution in [1.82, 2.24) is 10.6 Å². The van der Waals surface area contributed by atoms with Crippen LogP contribution in [-0.4, -0.2) is 30.6 Å². The average molecular weight is 634 g/mol. The highest BCUT2D eigenvalue weighted by molar-refractivity contribution is 6.48. The molecule has 14 heteroatoms. The van der Waals surface area contributed by atoms with Gasteiger partial charge in [-0.05, 0) is 55.2 Å². The fourth-order valence-corrected chi connectivity index (χ4v) is 4.41. The van der Waals surface area contributed by atoms with Gasteiger partial charge in [0.15, 0.2) is 0 Å². The first-order valence-electron chi connectivity index (χ1n) is 11.9. The Morgan fingerprint density at radius 1 is 1.02 bits per heavy atom. The van der Waals surface area contributed by atoms with Gasteiger partial charge in [-0.1, -0.05) is 53.7 Å².